The van der Waals surface area contributed by atoms with Gasteiger partial charge in [0.15, 0.2) is 0 Å². The fourth-order valence-electron chi connectivity index (χ4n) is 1.54. The maximum absolute atomic E-state index is 5.25. The number of rotatable bonds is 2. The zero-order valence-electron chi connectivity index (χ0n) is 6.59. The lowest BCUT2D eigenvalue weighted by Crippen LogP contribution is -2.33. The van der Waals surface area contributed by atoms with Crippen molar-refractivity contribution in [1.29, 1.82) is 0 Å². The Hall–Kier alpha value is 0.210. The molecule has 1 saturated carbocycles. The maximum Gasteiger partial charge on any atom is 0.0724 e. The monoisotopic (exact) mass is 165 g/mol. The molecule has 1 aliphatic carbocycles. The third kappa shape index (κ3) is 2.11. The largest absolute Gasteiger partial charge is 0.380 e. The smallest absolute Gasteiger partial charge is 0.0724 e. The van der Waals surface area contributed by atoms with Gasteiger partial charge in [-0.3, -0.25) is 0 Å². The summed E-state index contributed by atoms with van der Waals surface area (Å²) in [5.74, 6) is 0. The predicted octanol–water partition coefficient (Wildman–Crippen LogP) is 1.20. The van der Waals surface area contributed by atoms with E-state index in [2.05, 4.69) is 5.32 Å². The van der Waals surface area contributed by atoms with E-state index in [0.717, 1.165) is 0 Å². The van der Waals surface area contributed by atoms with Crippen molar-refractivity contribution in [1.82, 2.24) is 5.32 Å². The van der Waals surface area contributed by atoms with E-state index in [4.69, 9.17) is 4.74 Å². The van der Waals surface area contributed by atoms with E-state index in [1.807, 2.05) is 7.05 Å². The van der Waals surface area contributed by atoms with Crippen LogP contribution in [0.2, 0.25) is 0 Å². The average molecular weight is 166 g/mol. The number of ether oxygens (including phenoxy) is 1. The van der Waals surface area contributed by atoms with Crippen molar-refractivity contribution in [2.24, 2.45) is 0 Å². The molecule has 10 heavy (non-hydrogen) atoms. The predicted molar refractivity (Wildman–Crippen MR) is 44.7 cm³/mol. The summed E-state index contributed by atoms with van der Waals surface area (Å²) in [6.45, 7) is 0. The van der Waals surface area contributed by atoms with Gasteiger partial charge in [0.1, 0.15) is 0 Å². The van der Waals surface area contributed by atoms with Gasteiger partial charge in [0.25, 0.3) is 0 Å². The van der Waals surface area contributed by atoms with Gasteiger partial charge in [-0.15, -0.1) is 12.4 Å². The topological polar surface area (TPSA) is 21.3 Å². The van der Waals surface area contributed by atoms with Crippen molar-refractivity contribution in [2.75, 3.05) is 14.2 Å². The summed E-state index contributed by atoms with van der Waals surface area (Å²) in [5.41, 5.74) is 0. The minimum Gasteiger partial charge on any atom is -0.380 e. The third-order valence-electron chi connectivity index (χ3n) is 2.13. The molecule has 0 heterocycles. The number of halogens is 1. The average Bonchev–Trinajstić information content (AvgIpc) is 2.33. The molecule has 0 amide bonds. The van der Waals surface area contributed by atoms with Crippen molar-refractivity contribution in [3.63, 3.8) is 0 Å². The van der Waals surface area contributed by atoms with Crippen molar-refractivity contribution in [3.8, 4) is 0 Å². The summed E-state index contributed by atoms with van der Waals surface area (Å²) in [4.78, 5) is 0. The van der Waals surface area contributed by atoms with E-state index >= 15 is 0 Å². The highest BCUT2D eigenvalue weighted by atomic mass is 35.5. The molecule has 1 N–H and O–H groups in total. The molecule has 0 aliphatic heterocycles. The Kier molecular flexibility index (Phi) is 5.04. The first kappa shape index (κ1) is 10.2. The van der Waals surface area contributed by atoms with E-state index < -0.39 is 0 Å². The summed E-state index contributed by atoms with van der Waals surface area (Å²) in [6, 6.07) is 0.606. The lowest BCUT2D eigenvalue weighted by Gasteiger charge is -2.16. The molecule has 1 aliphatic rings. The number of methoxy groups -OCH3 is 1. The standard InChI is InChI=1S/C7H15NO.ClH/c1-8-6-4-3-5-7(6)9-2;/h6-8H,3-5H2,1-2H3;1H/t6-,7-;/m0./s1. The van der Waals surface area contributed by atoms with Crippen LogP contribution in [-0.4, -0.2) is 26.3 Å². The van der Waals surface area contributed by atoms with Crippen LogP contribution in [-0.2, 0) is 4.74 Å². The summed E-state index contributed by atoms with van der Waals surface area (Å²) >= 11 is 0. The van der Waals surface area contributed by atoms with Gasteiger partial charge in [0.05, 0.1) is 6.10 Å². The van der Waals surface area contributed by atoms with E-state index in [9.17, 15) is 0 Å². The van der Waals surface area contributed by atoms with Gasteiger partial charge < -0.3 is 10.1 Å². The molecule has 0 aromatic heterocycles. The molecule has 0 spiro atoms. The molecule has 0 saturated heterocycles. The zero-order chi connectivity index (χ0) is 6.69. The summed E-state index contributed by atoms with van der Waals surface area (Å²) in [5, 5.41) is 3.24. The molecular formula is C7H16ClNO. The van der Waals surface area contributed by atoms with Gasteiger partial charge in [0.2, 0.25) is 0 Å². The molecule has 1 fully saturated rings. The second-order valence-corrected chi connectivity index (χ2v) is 2.60. The second kappa shape index (κ2) is 4.94. The van der Waals surface area contributed by atoms with E-state index in [1.54, 1.807) is 7.11 Å². The Balaban J connectivity index is 0.000000810. The van der Waals surface area contributed by atoms with Crippen LogP contribution in [0.15, 0.2) is 0 Å². The molecule has 0 aromatic rings. The van der Waals surface area contributed by atoms with Gasteiger partial charge in [-0.1, -0.05) is 0 Å². The van der Waals surface area contributed by atoms with Crippen molar-refractivity contribution < 1.29 is 4.74 Å². The Labute approximate surface area is 68.7 Å². The molecule has 0 aromatic carbocycles. The highest BCUT2D eigenvalue weighted by Gasteiger charge is 2.24. The SMILES string of the molecule is CN[C@H]1CCC[C@@H]1OC.Cl. The molecule has 0 bridgehead atoms. The van der Waals surface area contributed by atoms with Crippen molar-refractivity contribution >= 4 is 12.4 Å². The number of nitrogens with one attached hydrogen (secondary N) is 1. The number of hydrogen-bond acceptors (Lipinski definition) is 2. The first-order chi connectivity index (χ1) is 4.38. The van der Waals surface area contributed by atoms with Gasteiger partial charge in [0, 0.05) is 13.2 Å². The third-order valence-corrected chi connectivity index (χ3v) is 2.13. The number of hydrogen-bond donors (Lipinski definition) is 1. The maximum atomic E-state index is 5.25. The Morgan fingerprint density at radius 1 is 1.40 bits per heavy atom. The first-order valence-corrected chi connectivity index (χ1v) is 3.58. The molecule has 0 radical (unpaired) electrons. The normalized spacial score (nSPS) is 31.8. The van der Waals surface area contributed by atoms with Gasteiger partial charge in [-0.05, 0) is 26.3 Å². The van der Waals surface area contributed by atoms with Gasteiger partial charge in [-0.25, -0.2) is 0 Å². The quantitative estimate of drug-likeness (QED) is 0.664. The van der Waals surface area contributed by atoms with Crippen LogP contribution >= 0.6 is 12.4 Å². The molecule has 62 valence electrons. The Morgan fingerprint density at radius 3 is 2.50 bits per heavy atom. The molecule has 2 atom stereocenters. The van der Waals surface area contributed by atoms with Crippen LogP contribution in [0.4, 0.5) is 0 Å². The van der Waals surface area contributed by atoms with Gasteiger partial charge in [-0.2, -0.15) is 0 Å². The Morgan fingerprint density at radius 2 is 2.10 bits per heavy atom. The summed E-state index contributed by atoms with van der Waals surface area (Å²) in [6.07, 6.45) is 4.27. The lowest BCUT2D eigenvalue weighted by atomic mass is 10.2. The van der Waals surface area contributed by atoms with Crippen LogP contribution in [0.1, 0.15) is 19.3 Å². The van der Waals surface area contributed by atoms with Crippen molar-refractivity contribution in [2.45, 2.75) is 31.4 Å². The van der Waals surface area contributed by atoms with Crippen LogP contribution < -0.4 is 5.32 Å². The minimum absolute atomic E-state index is 0. The first-order valence-electron chi connectivity index (χ1n) is 3.58. The summed E-state index contributed by atoms with van der Waals surface area (Å²) in [7, 11) is 3.79. The molecule has 2 nitrogen and oxygen atoms in total. The van der Waals surface area contributed by atoms with Gasteiger partial charge >= 0.3 is 0 Å². The Bertz CT molecular complexity index is 79.7. The molecule has 3 heteroatoms. The van der Waals surface area contributed by atoms with Crippen LogP contribution in [0.3, 0.4) is 0 Å². The summed E-state index contributed by atoms with van der Waals surface area (Å²) < 4.78 is 5.25. The van der Waals surface area contributed by atoms with Crippen LogP contribution in [0.25, 0.3) is 0 Å². The molecule has 1 rings (SSSR count). The minimum atomic E-state index is 0. The lowest BCUT2D eigenvalue weighted by molar-refractivity contribution is 0.0876. The van der Waals surface area contributed by atoms with E-state index in [1.165, 1.54) is 19.3 Å². The van der Waals surface area contributed by atoms with Crippen LogP contribution in [0, 0.1) is 0 Å². The zero-order valence-corrected chi connectivity index (χ0v) is 7.41. The fraction of sp³-hybridized carbons (Fsp3) is 1.00. The second-order valence-electron chi connectivity index (χ2n) is 2.60. The highest BCUT2D eigenvalue weighted by Crippen LogP contribution is 2.20. The fourth-order valence-corrected chi connectivity index (χ4v) is 1.54. The van der Waals surface area contributed by atoms with E-state index in [0.29, 0.717) is 12.1 Å². The molecular weight excluding hydrogens is 150 g/mol. The number of likely N-dealkylation sites (N-methyl/N-ethyl adjacent to an activating group) is 1. The van der Waals surface area contributed by atoms with Crippen LogP contribution in [0.5, 0.6) is 0 Å². The van der Waals surface area contributed by atoms with E-state index in [-0.39, 0.29) is 12.4 Å². The highest BCUT2D eigenvalue weighted by molar-refractivity contribution is 5.85. The van der Waals surface area contributed by atoms with Crippen molar-refractivity contribution in [3.05, 3.63) is 0 Å². The molecule has 0 unspecified atom stereocenters.